The highest BCUT2D eigenvalue weighted by atomic mass is 35.5. The van der Waals surface area contributed by atoms with Gasteiger partial charge >= 0.3 is 0 Å². The Morgan fingerprint density at radius 1 is 1.19 bits per heavy atom. The van der Waals surface area contributed by atoms with Crippen LogP contribution in [0.3, 0.4) is 0 Å². The molecule has 2 heterocycles. The number of benzene rings is 1. The summed E-state index contributed by atoms with van der Waals surface area (Å²) < 4.78 is 0. The van der Waals surface area contributed by atoms with E-state index in [2.05, 4.69) is 10.3 Å². The zero-order chi connectivity index (χ0) is 14.7. The van der Waals surface area contributed by atoms with Crippen molar-refractivity contribution in [3.05, 3.63) is 62.9 Å². The van der Waals surface area contributed by atoms with Gasteiger partial charge in [-0.05, 0) is 41.6 Å². The van der Waals surface area contributed by atoms with E-state index in [1.54, 1.807) is 11.3 Å². The van der Waals surface area contributed by atoms with Gasteiger partial charge in [-0.3, -0.25) is 4.79 Å². The zero-order valence-corrected chi connectivity index (χ0v) is 12.7. The van der Waals surface area contributed by atoms with Crippen LogP contribution in [0.2, 0.25) is 5.02 Å². The van der Waals surface area contributed by atoms with Gasteiger partial charge in [-0.25, -0.2) is 4.99 Å². The van der Waals surface area contributed by atoms with Gasteiger partial charge in [0, 0.05) is 16.3 Å². The minimum atomic E-state index is -0.130. The SMILES string of the molecule is O=C1NC(CCc2ccc(Cl)cc2)=N/C1=C/c1cccs1. The van der Waals surface area contributed by atoms with E-state index in [1.807, 2.05) is 47.9 Å². The van der Waals surface area contributed by atoms with Crippen molar-refractivity contribution in [2.45, 2.75) is 12.8 Å². The summed E-state index contributed by atoms with van der Waals surface area (Å²) in [7, 11) is 0. The average Bonchev–Trinajstić information content (AvgIpc) is 3.10. The number of carbonyl (C=O) groups excluding carboxylic acids is 1. The zero-order valence-electron chi connectivity index (χ0n) is 11.2. The van der Waals surface area contributed by atoms with Gasteiger partial charge in [0.15, 0.2) is 0 Å². The van der Waals surface area contributed by atoms with Crippen molar-refractivity contribution >= 4 is 40.8 Å². The van der Waals surface area contributed by atoms with E-state index in [0.29, 0.717) is 12.1 Å². The van der Waals surface area contributed by atoms with Crippen LogP contribution in [-0.2, 0) is 11.2 Å². The minimum Gasteiger partial charge on any atom is -0.309 e. The standard InChI is InChI=1S/C16H13ClN2OS/c17-12-6-3-11(4-7-12)5-8-15-18-14(16(20)19-15)10-13-2-1-9-21-13/h1-4,6-7,9-10H,5,8H2,(H,18,19,20)/b14-10+. The maximum Gasteiger partial charge on any atom is 0.275 e. The van der Waals surface area contributed by atoms with Crippen molar-refractivity contribution < 1.29 is 4.79 Å². The highest BCUT2D eigenvalue weighted by Gasteiger charge is 2.19. The molecule has 5 heteroatoms. The minimum absolute atomic E-state index is 0.130. The van der Waals surface area contributed by atoms with Gasteiger partial charge in [-0.15, -0.1) is 11.3 Å². The molecule has 21 heavy (non-hydrogen) atoms. The maximum atomic E-state index is 11.9. The summed E-state index contributed by atoms with van der Waals surface area (Å²) in [6.45, 7) is 0. The van der Waals surface area contributed by atoms with Crippen LogP contribution < -0.4 is 5.32 Å². The number of thiophene rings is 1. The molecular formula is C16H13ClN2OS. The summed E-state index contributed by atoms with van der Waals surface area (Å²) in [5.74, 6) is 0.590. The first-order valence-corrected chi connectivity index (χ1v) is 7.85. The van der Waals surface area contributed by atoms with E-state index in [4.69, 9.17) is 11.6 Å². The molecular weight excluding hydrogens is 304 g/mol. The van der Waals surface area contributed by atoms with E-state index < -0.39 is 0 Å². The van der Waals surface area contributed by atoms with Gasteiger partial charge in [0.05, 0.1) is 0 Å². The smallest absolute Gasteiger partial charge is 0.275 e. The van der Waals surface area contributed by atoms with Crippen LogP contribution in [0.15, 0.2) is 52.5 Å². The van der Waals surface area contributed by atoms with Crippen LogP contribution in [0, 0.1) is 0 Å². The Labute approximate surface area is 132 Å². The number of nitrogens with zero attached hydrogens (tertiary/aromatic N) is 1. The number of hydrogen-bond acceptors (Lipinski definition) is 3. The van der Waals surface area contributed by atoms with Crippen LogP contribution in [0.4, 0.5) is 0 Å². The number of amidine groups is 1. The van der Waals surface area contributed by atoms with Crippen molar-refractivity contribution in [3.63, 3.8) is 0 Å². The predicted molar refractivity (Wildman–Crippen MR) is 87.6 cm³/mol. The van der Waals surface area contributed by atoms with Crippen LogP contribution in [0.25, 0.3) is 6.08 Å². The van der Waals surface area contributed by atoms with E-state index in [9.17, 15) is 4.79 Å². The normalized spacial score (nSPS) is 16.1. The highest BCUT2D eigenvalue weighted by molar-refractivity contribution is 7.10. The Bertz CT molecular complexity index is 702. The third-order valence-corrected chi connectivity index (χ3v) is 4.20. The molecule has 106 valence electrons. The molecule has 0 spiro atoms. The molecule has 1 aromatic carbocycles. The number of rotatable bonds is 4. The molecule has 1 aliphatic rings. The predicted octanol–water partition coefficient (Wildman–Crippen LogP) is 3.90. The second kappa shape index (κ2) is 6.24. The third-order valence-electron chi connectivity index (χ3n) is 3.13. The molecule has 0 fully saturated rings. The summed E-state index contributed by atoms with van der Waals surface area (Å²) in [5.41, 5.74) is 1.65. The molecule has 0 saturated heterocycles. The number of hydrogen-bond donors (Lipinski definition) is 1. The Hall–Kier alpha value is -1.91. The van der Waals surface area contributed by atoms with Crippen molar-refractivity contribution in [1.29, 1.82) is 0 Å². The Kier molecular flexibility index (Phi) is 4.18. The van der Waals surface area contributed by atoms with E-state index in [1.165, 1.54) is 5.56 Å². The molecule has 3 rings (SSSR count). The fraction of sp³-hybridized carbons (Fsp3) is 0.125. The van der Waals surface area contributed by atoms with Gasteiger partial charge in [-0.1, -0.05) is 29.8 Å². The lowest BCUT2D eigenvalue weighted by Gasteiger charge is -2.01. The molecule has 2 aromatic rings. The summed E-state index contributed by atoms with van der Waals surface area (Å²) in [5, 5.41) is 5.52. The van der Waals surface area contributed by atoms with Gasteiger partial charge in [0.25, 0.3) is 5.91 Å². The van der Waals surface area contributed by atoms with E-state index in [-0.39, 0.29) is 5.91 Å². The van der Waals surface area contributed by atoms with Crippen LogP contribution >= 0.6 is 22.9 Å². The van der Waals surface area contributed by atoms with Gasteiger partial charge in [-0.2, -0.15) is 0 Å². The van der Waals surface area contributed by atoms with Crippen LogP contribution in [-0.4, -0.2) is 11.7 Å². The lowest BCUT2D eigenvalue weighted by molar-refractivity contribution is -0.115. The maximum absolute atomic E-state index is 11.9. The molecule has 0 atom stereocenters. The van der Waals surface area contributed by atoms with Crippen LogP contribution in [0.1, 0.15) is 16.9 Å². The molecule has 1 amide bonds. The summed E-state index contributed by atoms with van der Waals surface area (Å²) in [6, 6.07) is 11.6. The third kappa shape index (κ3) is 3.60. The number of nitrogens with one attached hydrogen (secondary N) is 1. The quantitative estimate of drug-likeness (QED) is 0.854. The first kappa shape index (κ1) is 14.0. The topological polar surface area (TPSA) is 41.5 Å². The van der Waals surface area contributed by atoms with Gasteiger partial charge in [0.1, 0.15) is 11.5 Å². The lowest BCUT2D eigenvalue weighted by atomic mass is 10.1. The number of amides is 1. The molecule has 0 saturated carbocycles. The summed E-state index contributed by atoms with van der Waals surface area (Å²) >= 11 is 7.44. The summed E-state index contributed by atoms with van der Waals surface area (Å²) in [4.78, 5) is 17.3. The molecule has 0 radical (unpaired) electrons. The van der Waals surface area contributed by atoms with E-state index >= 15 is 0 Å². The Morgan fingerprint density at radius 3 is 2.71 bits per heavy atom. The van der Waals surface area contributed by atoms with Gasteiger partial charge in [0.2, 0.25) is 0 Å². The number of aliphatic imine (C=N–C) groups is 1. The average molecular weight is 317 g/mol. The first-order chi connectivity index (χ1) is 10.2. The first-order valence-electron chi connectivity index (χ1n) is 6.59. The Balaban J connectivity index is 1.66. The monoisotopic (exact) mass is 316 g/mol. The molecule has 1 N–H and O–H groups in total. The highest BCUT2D eigenvalue weighted by Crippen LogP contribution is 2.18. The molecule has 3 nitrogen and oxygen atoms in total. The van der Waals surface area contributed by atoms with Crippen molar-refractivity contribution in [1.82, 2.24) is 5.32 Å². The van der Waals surface area contributed by atoms with Gasteiger partial charge < -0.3 is 5.32 Å². The van der Waals surface area contributed by atoms with E-state index in [0.717, 1.165) is 22.2 Å². The molecule has 0 unspecified atom stereocenters. The molecule has 1 aliphatic heterocycles. The molecule has 1 aromatic heterocycles. The lowest BCUT2D eigenvalue weighted by Crippen LogP contribution is -2.24. The molecule has 0 bridgehead atoms. The fourth-order valence-corrected chi connectivity index (χ4v) is 2.83. The van der Waals surface area contributed by atoms with Crippen molar-refractivity contribution in [2.24, 2.45) is 4.99 Å². The van der Waals surface area contributed by atoms with Crippen LogP contribution in [0.5, 0.6) is 0 Å². The second-order valence-corrected chi connectivity index (χ2v) is 6.10. The fourth-order valence-electron chi connectivity index (χ4n) is 2.06. The van der Waals surface area contributed by atoms with Crippen molar-refractivity contribution in [3.8, 4) is 0 Å². The molecule has 0 aliphatic carbocycles. The number of aryl methyl sites for hydroxylation is 1. The Morgan fingerprint density at radius 2 is 2.00 bits per heavy atom. The summed E-state index contributed by atoms with van der Waals surface area (Å²) in [6.07, 6.45) is 3.34. The second-order valence-electron chi connectivity index (χ2n) is 4.68. The van der Waals surface area contributed by atoms with Crippen molar-refractivity contribution in [2.75, 3.05) is 0 Å². The number of halogens is 1. The largest absolute Gasteiger partial charge is 0.309 e. The number of carbonyl (C=O) groups is 1.